The normalized spacial score (nSPS) is 20.9. The van der Waals surface area contributed by atoms with Gasteiger partial charge in [-0.3, -0.25) is 4.79 Å². The number of anilines is 1. The molecule has 4 atom stereocenters. The van der Waals surface area contributed by atoms with Crippen LogP contribution in [0.15, 0.2) is 77.5 Å². The molecule has 6 nitrogen and oxygen atoms in total. The Hall–Kier alpha value is -3.53. The zero-order valence-corrected chi connectivity index (χ0v) is 22.4. The van der Waals surface area contributed by atoms with Crippen LogP contribution in [-0.4, -0.2) is 33.8 Å². The van der Waals surface area contributed by atoms with Gasteiger partial charge in [-0.05, 0) is 71.8 Å². The number of amides is 2. The van der Waals surface area contributed by atoms with Crippen molar-refractivity contribution < 1.29 is 23.9 Å². The summed E-state index contributed by atoms with van der Waals surface area (Å²) in [5, 5.41) is 17.3. The van der Waals surface area contributed by atoms with E-state index < -0.39 is 41.7 Å². The maximum Gasteiger partial charge on any atom is 0.327 e. The SMILES string of the molecule is Cc1ccsc1C1C(C(=O)c2cccc(Cl)c2)C(c2cccs2)C(C(=O)O)N1C(=O)Nc1ccc(F)cc1. The minimum absolute atomic E-state index is 0.299. The molecule has 38 heavy (non-hydrogen) atoms. The molecule has 0 saturated carbocycles. The van der Waals surface area contributed by atoms with E-state index in [4.69, 9.17) is 11.6 Å². The average Bonchev–Trinajstić information content (AvgIpc) is 3.63. The van der Waals surface area contributed by atoms with Crippen molar-refractivity contribution in [1.82, 2.24) is 4.90 Å². The molecule has 0 aliphatic carbocycles. The molecule has 1 saturated heterocycles. The number of likely N-dealkylation sites (tertiary alicyclic amines) is 1. The Balaban J connectivity index is 1.69. The van der Waals surface area contributed by atoms with Gasteiger partial charge in [0.05, 0.1) is 12.0 Å². The number of rotatable bonds is 6. The smallest absolute Gasteiger partial charge is 0.327 e. The summed E-state index contributed by atoms with van der Waals surface area (Å²) in [7, 11) is 0. The minimum Gasteiger partial charge on any atom is -0.480 e. The molecule has 2 aromatic carbocycles. The first kappa shape index (κ1) is 26.1. The number of halogens is 2. The second-order valence-electron chi connectivity index (χ2n) is 8.98. The first-order valence-electron chi connectivity index (χ1n) is 11.7. The van der Waals surface area contributed by atoms with E-state index in [1.807, 2.05) is 23.8 Å². The highest BCUT2D eigenvalue weighted by Crippen LogP contribution is 2.53. The number of carboxylic acids is 1. The molecule has 1 aliphatic heterocycles. The van der Waals surface area contributed by atoms with Crippen LogP contribution in [0.1, 0.15) is 37.6 Å². The largest absolute Gasteiger partial charge is 0.480 e. The first-order chi connectivity index (χ1) is 18.3. The van der Waals surface area contributed by atoms with E-state index in [1.54, 1.807) is 36.4 Å². The van der Waals surface area contributed by atoms with Crippen molar-refractivity contribution in [1.29, 1.82) is 0 Å². The monoisotopic (exact) mass is 568 g/mol. The van der Waals surface area contributed by atoms with Crippen LogP contribution in [0.3, 0.4) is 0 Å². The topological polar surface area (TPSA) is 86.7 Å². The summed E-state index contributed by atoms with van der Waals surface area (Å²) >= 11 is 8.92. The van der Waals surface area contributed by atoms with Crippen LogP contribution in [0.4, 0.5) is 14.9 Å². The van der Waals surface area contributed by atoms with Gasteiger partial charge in [0.2, 0.25) is 0 Å². The second-order valence-corrected chi connectivity index (χ2v) is 11.3. The highest BCUT2D eigenvalue weighted by molar-refractivity contribution is 7.10. The van der Waals surface area contributed by atoms with Crippen LogP contribution in [0.5, 0.6) is 0 Å². The van der Waals surface area contributed by atoms with E-state index in [2.05, 4.69) is 5.32 Å². The van der Waals surface area contributed by atoms with Gasteiger partial charge in [0, 0.05) is 31.9 Å². The standard InChI is InChI=1S/C28H22ClFN2O4S2/c1-15-11-13-38-26(15)23-22(25(33)16-4-2-5-17(29)14-16)21(20-6-3-12-37-20)24(27(34)35)32(23)28(36)31-19-9-7-18(30)8-10-19/h2-14,21-24H,1H3,(H,31,36)(H,34,35). The predicted octanol–water partition coefficient (Wildman–Crippen LogP) is 7.24. The summed E-state index contributed by atoms with van der Waals surface area (Å²) in [6.45, 7) is 1.87. The van der Waals surface area contributed by atoms with Crippen molar-refractivity contribution >= 4 is 57.7 Å². The van der Waals surface area contributed by atoms with Crippen LogP contribution in [0.2, 0.25) is 5.02 Å². The van der Waals surface area contributed by atoms with Crippen molar-refractivity contribution in [2.24, 2.45) is 5.92 Å². The number of urea groups is 1. The molecule has 0 radical (unpaired) electrons. The first-order valence-corrected chi connectivity index (χ1v) is 13.8. The molecule has 5 rings (SSSR count). The lowest BCUT2D eigenvalue weighted by atomic mass is 9.79. The van der Waals surface area contributed by atoms with Gasteiger partial charge < -0.3 is 15.3 Å². The van der Waals surface area contributed by atoms with E-state index in [0.717, 1.165) is 10.4 Å². The molecule has 3 heterocycles. The van der Waals surface area contributed by atoms with Gasteiger partial charge in [0.15, 0.2) is 5.78 Å². The Kier molecular flexibility index (Phi) is 7.34. The number of carboxylic acid groups (broad SMARTS) is 1. The molecule has 1 aliphatic rings. The molecule has 2 aromatic heterocycles. The molecule has 1 fully saturated rings. The third-order valence-electron chi connectivity index (χ3n) is 6.70. The van der Waals surface area contributed by atoms with Crippen molar-refractivity contribution in [3.8, 4) is 0 Å². The van der Waals surface area contributed by atoms with Gasteiger partial charge in [-0.25, -0.2) is 14.0 Å². The number of ketones is 1. The number of Topliss-reactive ketones (excluding diaryl/α,β-unsaturated/α-hetero) is 1. The number of thiophene rings is 2. The fraction of sp³-hybridized carbons (Fsp3) is 0.179. The van der Waals surface area contributed by atoms with Crippen LogP contribution in [-0.2, 0) is 4.79 Å². The number of benzene rings is 2. The molecular formula is C28H22ClFN2O4S2. The zero-order valence-electron chi connectivity index (χ0n) is 20.0. The molecule has 2 amide bonds. The number of hydrogen-bond acceptors (Lipinski definition) is 5. The number of nitrogens with one attached hydrogen (secondary N) is 1. The summed E-state index contributed by atoms with van der Waals surface area (Å²) < 4.78 is 13.5. The summed E-state index contributed by atoms with van der Waals surface area (Å²) in [4.78, 5) is 43.6. The predicted molar refractivity (Wildman–Crippen MR) is 147 cm³/mol. The fourth-order valence-corrected chi connectivity index (χ4v) is 7.26. The van der Waals surface area contributed by atoms with Crippen LogP contribution in [0.25, 0.3) is 0 Å². The molecule has 0 spiro atoms. The number of carbonyl (C=O) groups is 3. The minimum atomic E-state index is -1.34. The van der Waals surface area contributed by atoms with Crippen molar-refractivity contribution in [2.45, 2.75) is 24.9 Å². The molecule has 2 N–H and O–H groups in total. The molecule has 4 unspecified atom stereocenters. The Morgan fingerprint density at radius 2 is 1.76 bits per heavy atom. The van der Waals surface area contributed by atoms with Gasteiger partial charge in [-0.2, -0.15) is 0 Å². The summed E-state index contributed by atoms with van der Waals surface area (Å²) in [6.07, 6.45) is 0. The molecule has 194 valence electrons. The Morgan fingerprint density at radius 3 is 2.37 bits per heavy atom. The summed E-state index contributed by atoms with van der Waals surface area (Å²) in [5.41, 5.74) is 1.49. The summed E-state index contributed by atoms with van der Waals surface area (Å²) in [6, 6.07) is 14.3. The maximum atomic E-state index is 14.2. The van der Waals surface area contributed by atoms with Crippen molar-refractivity contribution in [2.75, 3.05) is 5.32 Å². The number of nitrogens with zero attached hydrogens (tertiary/aromatic N) is 1. The Labute approximate surface area is 231 Å². The Bertz CT molecular complexity index is 1490. The highest BCUT2D eigenvalue weighted by Gasteiger charge is 2.58. The molecular weight excluding hydrogens is 547 g/mol. The highest BCUT2D eigenvalue weighted by atomic mass is 35.5. The van der Waals surface area contributed by atoms with Gasteiger partial charge in [0.1, 0.15) is 11.9 Å². The lowest BCUT2D eigenvalue weighted by Crippen LogP contribution is -2.45. The van der Waals surface area contributed by atoms with Crippen molar-refractivity contribution in [3.05, 3.63) is 109 Å². The van der Waals surface area contributed by atoms with E-state index >= 15 is 0 Å². The van der Waals surface area contributed by atoms with Gasteiger partial charge in [-0.15, -0.1) is 22.7 Å². The molecule has 4 aromatic rings. The molecule has 0 bridgehead atoms. The van der Waals surface area contributed by atoms with Crippen molar-refractivity contribution in [3.63, 3.8) is 0 Å². The van der Waals surface area contributed by atoms with E-state index in [1.165, 1.54) is 51.8 Å². The zero-order chi connectivity index (χ0) is 27.0. The maximum absolute atomic E-state index is 14.2. The van der Waals surface area contributed by atoms with Crippen LogP contribution < -0.4 is 5.32 Å². The second kappa shape index (κ2) is 10.7. The molecule has 10 heteroatoms. The van der Waals surface area contributed by atoms with Gasteiger partial charge in [0.25, 0.3) is 0 Å². The quantitative estimate of drug-likeness (QED) is 0.240. The van der Waals surface area contributed by atoms with Gasteiger partial charge >= 0.3 is 12.0 Å². The number of aryl methyl sites for hydroxylation is 1. The number of carbonyl (C=O) groups excluding carboxylic acids is 2. The summed E-state index contributed by atoms with van der Waals surface area (Å²) in [5.74, 6) is -3.70. The number of hydrogen-bond donors (Lipinski definition) is 2. The number of aliphatic carboxylic acids is 1. The average molecular weight is 569 g/mol. The Morgan fingerprint density at radius 1 is 1.00 bits per heavy atom. The van der Waals surface area contributed by atoms with Gasteiger partial charge in [-0.1, -0.05) is 29.8 Å². The third-order valence-corrected chi connectivity index (χ3v) is 9.00. The lowest BCUT2D eigenvalue weighted by Gasteiger charge is -2.30. The van der Waals surface area contributed by atoms with Crippen LogP contribution in [0, 0.1) is 18.7 Å². The van der Waals surface area contributed by atoms with Crippen LogP contribution >= 0.6 is 34.3 Å². The van der Waals surface area contributed by atoms with E-state index in [0.29, 0.717) is 21.2 Å². The van der Waals surface area contributed by atoms with E-state index in [-0.39, 0.29) is 5.78 Å². The lowest BCUT2D eigenvalue weighted by molar-refractivity contribution is -0.142. The third kappa shape index (κ3) is 4.84. The fourth-order valence-electron chi connectivity index (χ4n) is 5.09. The van der Waals surface area contributed by atoms with E-state index in [9.17, 15) is 23.9 Å².